The molecule has 0 atom stereocenters. The Hall–Kier alpha value is -1.02. The molecule has 0 saturated heterocycles. The fraction of sp³-hybridized carbons (Fsp3) is 0.500. The van der Waals surface area contributed by atoms with Gasteiger partial charge in [-0.25, -0.2) is 0 Å². The highest BCUT2D eigenvalue weighted by Crippen LogP contribution is 2.19. The molecular formula is C12H19NO. The fourth-order valence-corrected chi connectivity index (χ4v) is 1.35. The Kier molecular flexibility index (Phi) is 3.53. The molecule has 0 aliphatic heterocycles. The fourth-order valence-electron chi connectivity index (χ4n) is 1.35. The van der Waals surface area contributed by atoms with E-state index in [1.54, 1.807) is 0 Å². The van der Waals surface area contributed by atoms with Crippen LogP contribution in [0.5, 0.6) is 0 Å². The third-order valence-corrected chi connectivity index (χ3v) is 2.27. The number of hydrogen-bond donors (Lipinski definition) is 2. The average molecular weight is 193 g/mol. The predicted octanol–water partition coefficient (Wildman–Crippen LogP) is 2.43. The highest BCUT2D eigenvalue weighted by Gasteiger charge is 2.16. The number of aliphatic hydroxyl groups is 1. The summed E-state index contributed by atoms with van der Waals surface area (Å²) in [6.45, 7) is 6.23. The van der Waals surface area contributed by atoms with Crippen LogP contribution in [0.25, 0.3) is 0 Å². The first-order chi connectivity index (χ1) is 6.59. The molecule has 0 saturated carbocycles. The normalized spacial score (nSPS) is 11.4. The molecule has 1 aromatic carbocycles. The van der Waals surface area contributed by atoms with Crippen molar-refractivity contribution in [1.82, 2.24) is 0 Å². The predicted molar refractivity (Wildman–Crippen MR) is 60.6 cm³/mol. The van der Waals surface area contributed by atoms with Gasteiger partial charge in [0.15, 0.2) is 0 Å². The van der Waals surface area contributed by atoms with Gasteiger partial charge in [0.05, 0.1) is 12.1 Å². The van der Waals surface area contributed by atoms with E-state index >= 15 is 0 Å². The van der Waals surface area contributed by atoms with Crippen molar-refractivity contribution >= 4 is 5.69 Å². The summed E-state index contributed by atoms with van der Waals surface area (Å²) in [7, 11) is 0. The van der Waals surface area contributed by atoms with Crippen molar-refractivity contribution in [3.63, 3.8) is 0 Å². The molecule has 0 bridgehead atoms. The van der Waals surface area contributed by atoms with E-state index < -0.39 is 0 Å². The first kappa shape index (κ1) is 11.1. The first-order valence-corrected chi connectivity index (χ1v) is 5.06. The Labute approximate surface area is 86.0 Å². The largest absolute Gasteiger partial charge is 0.394 e. The van der Waals surface area contributed by atoms with Gasteiger partial charge in [-0.05, 0) is 31.9 Å². The topological polar surface area (TPSA) is 32.3 Å². The maximum atomic E-state index is 9.16. The molecule has 0 aliphatic carbocycles. The molecule has 0 radical (unpaired) electrons. The zero-order chi connectivity index (χ0) is 10.6. The minimum Gasteiger partial charge on any atom is -0.394 e. The molecule has 0 unspecified atom stereocenters. The number of anilines is 1. The van der Waals surface area contributed by atoms with Crippen molar-refractivity contribution in [2.24, 2.45) is 0 Å². The molecule has 1 rings (SSSR count). The number of aliphatic hydroxyl groups excluding tert-OH is 1. The molecule has 0 heterocycles. The van der Waals surface area contributed by atoms with Gasteiger partial charge in [-0.3, -0.25) is 0 Å². The molecule has 1 aromatic rings. The number of rotatable bonds is 4. The Bertz CT molecular complexity index is 294. The molecule has 0 amide bonds. The minimum atomic E-state index is -0.259. The summed E-state index contributed by atoms with van der Waals surface area (Å²) in [5.41, 5.74) is 2.15. The van der Waals surface area contributed by atoms with Crippen LogP contribution in [-0.4, -0.2) is 17.3 Å². The lowest BCUT2D eigenvalue weighted by atomic mass is 10.0. The van der Waals surface area contributed by atoms with Crippen molar-refractivity contribution in [2.75, 3.05) is 11.9 Å². The lowest BCUT2D eigenvalue weighted by Crippen LogP contribution is -2.35. The zero-order valence-electron chi connectivity index (χ0n) is 9.17. The van der Waals surface area contributed by atoms with Crippen molar-refractivity contribution in [3.05, 3.63) is 29.8 Å². The lowest BCUT2D eigenvalue weighted by Gasteiger charge is -2.26. The molecule has 0 aromatic heterocycles. The SMILES string of the molecule is CCc1ccccc1NC(C)(C)CO. The van der Waals surface area contributed by atoms with Gasteiger partial charge in [0.1, 0.15) is 0 Å². The molecular weight excluding hydrogens is 174 g/mol. The van der Waals surface area contributed by atoms with E-state index in [0.717, 1.165) is 12.1 Å². The van der Waals surface area contributed by atoms with E-state index in [1.807, 2.05) is 26.0 Å². The van der Waals surface area contributed by atoms with Crippen molar-refractivity contribution in [2.45, 2.75) is 32.7 Å². The number of benzene rings is 1. The van der Waals surface area contributed by atoms with Crippen molar-refractivity contribution in [3.8, 4) is 0 Å². The summed E-state index contributed by atoms with van der Waals surface area (Å²) in [5, 5.41) is 12.5. The van der Waals surface area contributed by atoms with Crippen LogP contribution in [0.3, 0.4) is 0 Å². The van der Waals surface area contributed by atoms with Gasteiger partial charge >= 0.3 is 0 Å². The average Bonchev–Trinajstić information content (AvgIpc) is 2.18. The maximum absolute atomic E-state index is 9.16. The van der Waals surface area contributed by atoms with Crippen LogP contribution in [0.4, 0.5) is 5.69 Å². The van der Waals surface area contributed by atoms with Gasteiger partial charge in [0.2, 0.25) is 0 Å². The second-order valence-electron chi connectivity index (χ2n) is 4.18. The molecule has 0 spiro atoms. The third-order valence-electron chi connectivity index (χ3n) is 2.27. The van der Waals surface area contributed by atoms with Gasteiger partial charge in [-0.2, -0.15) is 0 Å². The van der Waals surface area contributed by atoms with E-state index in [0.29, 0.717) is 0 Å². The monoisotopic (exact) mass is 193 g/mol. The van der Waals surface area contributed by atoms with Crippen LogP contribution in [0.15, 0.2) is 24.3 Å². The van der Waals surface area contributed by atoms with Gasteiger partial charge in [-0.1, -0.05) is 25.1 Å². The standard InChI is InChI=1S/C12H19NO/c1-4-10-7-5-6-8-11(10)13-12(2,3)9-14/h5-8,13-14H,4,9H2,1-3H3. The van der Waals surface area contributed by atoms with E-state index in [-0.39, 0.29) is 12.1 Å². The summed E-state index contributed by atoms with van der Waals surface area (Å²) in [4.78, 5) is 0. The summed E-state index contributed by atoms with van der Waals surface area (Å²) < 4.78 is 0. The molecule has 0 aliphatic rings. The number of nitrogens with one attached hydrogen (secondary N) is 1. The molecule has 14 heavy (non-hydrogen) atoms. The molecule has 2 N–H and O–H groups in total. The Morgan fingerprint density at radius 3 is 2.50 bits per heavy atom. The molecule has 2 nitrogen and oxygen atoms in total. The minimum absolute atomic E-state index is 0.130. The highest BCUT2D eigenvalue weighted by molar-refractivity contribution is 5.52. The van der Waals surface area contributed by atoms with Crippen LogP contribution in [0, 0.1) is 0 Å². The number of hydrogen-bond acceptors (Lipinski definition) is 2. The number of para-hydroxylation sites is 1. The maximum Gasteiger partial charge on any atom is 0.0656 e. The van der Waals surface area contributed by atoms with Crippen LogP contribution in [0.1, 0.15) is 26.3 Å². The van der Waals surface area contributed by atoms with Gasteiger partial charge in [-0.15, -0.1) is 0 Å². The van der Waals surface area contributed by atoms with E-state index in [9.17, 15) is 0 Å². The number of aryl methyl sites for hydroxylation is 1. The molecule has 2 heteroatoms. The summed E-state index contributed by atoms with van der Waals surface area (Å²) >= 11 is 0. The quantitative estimate of drug-likeness (QED) is 0.769. The summed E-state index contributed by atoms with van der Waals surface area (Å²) in [6.07, 6.45) is 1.00. The van der Waals surface area contributed by atoms with Crippen LogP contribution < -0.4 is 5.32 Å². The van der Waals surface area contributed by atoms with Crippen molar-refractivity contribution in [1.29, 1.82) is 0 Å². The van der Waals surface area contributed by atoms with Crippen LogP contribution in [0.2, 0.25) is 0 Å². The smallest absolute Gasteiger partial charge is 0.0656 e. The molecule has 78 valence electrons. The van der Waals surface area contributed by atoms with E-state index in [2.05, 4.69) is 24.4 Å². The second kappa shape index (κ2) is 4.47. The Morgan fingerprint density at radius 1 is 1.29 bits per heavy atom. The first-order valence-electron chi connectivity index (χ1n) is 5.06. The second-order valence-corrected chi connectivity index (χ2v) is 4.18. The Morgan fingerprint density at radius 2 is 1.93 bits per heavy atom. The van der Waals surface area contributed by atoms with Crippen LogP contribution in [-0.2, 0) is 6.42 Å². The zero-order valence-corrected chi connectivity index (χ0v) is 9.17. The summed E-state index contributed by atoms with van der Waals surface area (Å²) in [5.74, 6) is 0. The van der Waals surface area contributed by atoms with Gasteiger partial charge in [0, 0.05) is 5.69 Å². The van der Waals surface area contributed by atoms with Gasteiger partial charge in [0.25, 0.3) is 0 Å². The van der Waals surface area contributed by atoms with Crippen molar-refractivity contribution < 1.29 is 5.11 Å². The van der Waals surface area contributed by atoms with E-state index in [4.69, 9.17) is 5.11 Å². The Balaban J connectivity index is 2.85. The summed E-state index contributed by atoms with van der Waals surface area (Å²) in [6, 6.07) is 8.21. The lowest BCUT2D eigenvalue weighted by molar-refractivity contribution is 0.234. The van der Waals surface area contributed by atoms with Gasteiger partial charge < -0.3 is 10.4 Å². The third kappa shape index (κ3) is 2.74. The van der Waals surface area contributed by atoms with Crippen LogP contribution >= 0.6 is 0 Å². The van der Waals surface area contributed by atoms with E-state index in [1.165, 1.54) is 5.56 Å². The molecule has 0 fully saturated rings. The highest BCUT2D eigenvalue weighted by atomic mass is 16.3.